The first kappa shape index (κ1) is 23.8. The second kappa shape index (κ2) is 9.49. The third-order valence-electron chi connectivity index (χ3n) is 6.50. The van der Waals surface area contributed by atoms with Crippen molar-refractivity contribution in [3.8, 4) is 22.6 Å². The number of rotatable bonds is 7. The van der Waals surface area contributed by atoms with Gasteiger partial charge in [0.05, 0.1) is 13.5 Å². The fourth-order valence-electron chi connectivity index (χ4n) is 4.74. The zero-order chi connectivity index (χ0) is 24.5. The third-order valence-corrected chi connectivity index (χ3v) is 6.50. The highest BCUT2D eigenvalue weighted by Gasteiger charge is 2.25. The highest BCUT2D eigenvalue weighted by molar-refractivity contribution is 5.71. The van der Waals surface area contributed by atoms with Crippen LogP contribution in [0.3, 0.4) is 0 Å². The highest BCUT2D eigenvalue weighted by Crippen LogP contribution is 2.38. The number of aliphatic carboxylic acids is 1. The summed E-state index contributed by atoms with van der Waals surface area (Å²) >= 11 is 0. The van der Waals surface area contributed by atoms with Gasteiger partial charge in [-0.25, -0.2) is 4.39 Å². The zero-order valence-electron chi connectivity index (χ0n) is 20.2. The van der Waals surface area contributed by atoms with E-state index in [4.69, 9.17) is 14.6 Å². The van der Waals surface area contributed by atoms with E-state index in [0.717, 1.165) is 40.8 Å². The lowest BCUT2D eigenvalue weighted by Gasteiger charge is -2.24. The number of carboxylic acids is 1. The number of hydrogen-bond donors (Lipinski definition) is 1. The molecular weight excluding hydrogens is 431 g/mol. The standard InChI is InChI=1S/C29H31FO4/c1-29(2,3)26-13-18(5-10-24(26)25-16-21(33-4)9-12-27(25)30)17-34-22-8-11-23-19(14-22)6-7-20(23)15-28(31)32/h5,8-14,16,20H,6-7,15,17H2,1-4H3,(H,31,32)/t20-/m1/s1. The molecule has 1 aliphatic carbocycles. The summed E-state index contributed by atoms with van der Waals surface area (Å²) in [5.41, 5.74) is 5.49. The molecule has 0 fully saturated rings. The third kappa shape index (κ3) is 5.09. The average molecular weight is 463 g/mol. The molecule has 3 aromatic rings. The molecule has 0 amide bonds. The summed E-state index contributed by atoms with van der Waals surface area (Å²) in [4.78, 5) is 11.1. The number of hydrogen-bond acceptors (Lipinski definition) is 3. The first-order valence-corrected chi connectivity index (χ1v) is 11.6. The van der Waals surface area contributed by atoms with Crippen molar-refractivity contribution in [1.82, 2.24) is 0 Å². The molecule has 34 heavy (non-hydrogen) atoms. The lowest BCUT2D eigenvalue weighted by atomic mass is 9.81. The maximum atomic E-state index is 14.7. The van der Waals surface area contributed by atoms with Crippen molar-refractivity contribution in [2.45, 2.75) is 58.0 Å². The van der Waals surface area contributed by atoms with E-state index >= 15 is 0 Å². The van der Waals surface area contributed by atoms with Crippen LogP contribution in [-0.4, -0.2) is 18.2 Å². The van der Waals surface area contributed by atoms with Gasteiger partial charge < -0.3 is 14.6 Å². The van der Waals surface area contributed by atoms with Crippen LogP contribution in [0.1, 0.15) is 61.8 Å². The fourth-order valence-corrected chi connectivity index (χ4v) is 4.74. The Morgan fingerprint density at radius 1 is 1.03 bits per heavy atom. The van der Waals surface area contributed by atoms with Crippen LogP contribution >= 0.6 is 0 Å². The fraction of sp³-hybridized carbons (Fsp3) is 0.345. The number of carbonyl (C=O) groups is 1. The number of ether oxygens (including phenoxy) is 2. The molecule has 4 nitrogen and oxygen atoms in total. The molecule has 1 N–H and O–H groups in total. The quantitative estimate of drug-likeness (QED) is 0.416. The topological polar surface area (TPSA) is 55.8 Å². The van der Waals surface area contributed by atoms with Gasteiger partial charge in [-0.1, -0.05) is 45.0 Å². The number of benzene rings is 3. The van der Waals surface area contributed by atoms with Gasteiger partial charge in [0.25, 0.3) is 0 Å². The molecule has 5 heteroatoms. The Labute approximate surface area is 200 Å². The van der Waals surface area contributed by atoms with Crippen LogP contribution in [0.2, 0.25) is 0 Å². The second-order valence-corrected chi connectivity index (χ2v) is 9.96. The van der Waals surface area contributed by atoms with Gasteiger partial charge in [-0.15, -0.1) is 0 Å². The van der Waals surface area contributed by atoms with Crippen LogP contribution in [0.4, 0.5) is 4.39 Å². The van der Waals surface area contributed by atoms with Gasteiger partial charge in [-0.05, 0) is 82.3 Å². The van der Waals surface area contributed by atoms with E-state index in [0.29, 0.717) is 17.9 Å². The van der Waals surface area contributed by atoms with Gasteiger partial charge in [0.1, 0.15) is 23.9 Å². The molecule has 3 aromatic carbocycles. The number of carboxylic acid groups (broad SMARTS) is 1. The molecule has 178 valence electrons. The van der Waals surface area contributed by atoms with Gasteiger partial charge in [0.15, 0.2) is 0 Å². The van der Waals surface area contributed by atoms with Crippen LogP contribution < -0.4 is 9.47 Å². The minimum absolute atomic E-state index is 0.0837. The molecular formula is C29H31FO4. The van der Waals surface area contributed by atoms with Crippen molar-refractivity contribution in [3.05, 3.63) is 82.7 Å². The van der Waals surface area contributed by atoms with E-state index in [1.807, 2.05) is 30.3 Å². The van der Waals surface area contributed by atoms with E-state index in [1.165, 1.54) is 11.6 Å². The Bertz CT molecular complexity index is 1210. The Morgan fingerprint density at radius 3 is 2.50 bits per heavy atom. The maximum Gasteiger partial charge on any atom is 0.303 e. The zero-order valence-corrected chi connectivity index (χ0v) is 20.2. The lowest BCUT2D eigenvalue weighted by molar-refractivity contribution is -0.137. The Hall–Kier alpha value is -3.34. The molecule has 0 bridgehead atoms. The number of halogens is 1. The molecule has 0 radical (unpaired) electrons. The SMILES string of the molecule is COc1ccc(F)c(-c2ccc(COc3ccc4c(c3)CC[C@@H]4CC(=O)O)cc2C(C)(C)C)c1. The molecule has 0 unspecified atom stereocenters. The lowest BCUT2D eigenvalue weighted by Crippen LogP contribution is -2.14. The second-order valence-electron chi connectivity index (χ2n) is 9.96. The molecule has 0 saturated heterocycles. The monoisotopic (exact) mass is 462 g/mol. The summed E-state index contributed by atoms with van der Waals surface area (Å²) in [6.45, 7) is 6.73. The summed E-state index contributed by atoms with van der Waals surface area (Å²) in [7, 11) is 1.58. The minimum Gasteiger partial charge on any atom is -0.497 e. The Morgan fingerprint density at radius 2 is 1.79 bits per heavy atom. The first-order valence-electron chi connectivity index (χ1n) is 11.6. The average Bonchev–Trinajstić information content (AvgIpc) is 3.18. The Balaban J connectivity index is 1.57. The molecule has 0 saturated carbocycles. The molecule has 1 aliphatic rings. The first-order chi connectivity index (χ1) is 16.2. The molecule has 4 rings (SSSR count). The van der Waals surface area contributed by atoms with E-state index < -0.39 is 5.97 Å². The number of aryl methyl sites for hydroxylation is 1. The van der Waals surface area contributed by atoms with Crippen LogP contribution in [0, 0.1) is 5.82 Å². The highest BCUT2D eigenvalue weighted by atomic mass is 19.1. The van der Waals surface area contributed by atoms with Crippen LogP contribution in [0.25, 0.3) is 11.1 Å². The van der Waals surface area contributed by atoms with Gasteiger partial charge >= 0.3 is 5.97 Å². The van der Waals surface area contributed by atoms with Crippen LogP contribution in [0.15, 0.2) is 54.6 Å². The van der Waals surface area contributed by atoms with Crippen molar-refractivity contribution in [2.24, 2.45) is 0 Å². The molecule has 0 spiro atoms. The van der Waals surface area contributed by atoms with Gasteiger partial charge in [0.2, 0.25) is 0 Å². The predicted molar refractivity (Wildman–Crippen MR) is 131 cm³/mol. The van der Waals surface area contributed by atoms with Crippen molar-refractivity contribution < 1.29 is 23.8 Å². The summed E-state index contributed by atoms with van der Waals surface area (Å²) in [6.07, 6.45) is 1.91. The summed E-state index contributed by atoms with van der Waals surface area (Å²) in [6, 6.07) is 16.8. The predicted octanol–water partition coefficient (Wildman–Crippen LogP) is 6.88. The number of methoxy groups -OCH3 is 1. The van der Waals surface area contributed by atoms with Crippen molar-refractivity contribution >= 4 is 5.97 Å². The van der Waals surface area contributed by atoms with Gasteiger partial charge in [-0.2, -0.15) is 0 Å². The van der Waals surface area contributed by atoms with Gasteiger partial charge in [-0.3, -0.25) is 4.79 Å². The van der Waals surface area contributed by atoms with Crippen molar-refractivity contribution in [1.29, 1.82) is 0 Å². The largest absolute Gasteiger partial charge is 0.497 e. The summed E-state index contributed by atoms with van der Waals surface area (Å²) in [5.74, 6) is 0.431. The maximum absolute atomic E-state index is 14.7. The van der Waals surface area contributed by atoms with Crippen molar-refractivity contribution in [2.75, 3.05) is 7.11 Å². The van der Waals surface area contributed by atoms with E-state index in [1.54, 1.807) is 19.2 Å². The van der Waals surface area contributed by atoms with E-state index in [2.05, 4.69) is 26.8 Å². The number of fused-ring (bicyclic) bond motifs is 1. The normalized spacial score (nSPS) is 15.1. The minimum atomic E-state index is -0.759. The van der Waals surface area contributed by atoms with E-state index in [-0.39, 0.29) is 23.6 Å². The summed E-state index contributed by atoms with van der Waals surface area (Å²) in [5, 5.41) is 9.13. The van der Waals surface area contributed by atoms with Gasteiger partial charge in [0, 0.05) is 5.56 Å². The van der Waals surface area contributed by atoms with Crippen LogP contribution in [-0.2, 0) is 23.2 Å². The smallest absolute Gasteiger partial charge is 0.303 e. The van der Waals surface area contributed by atoms with E-state index in [9.17, 15) is 9.18 Å². The Kier molecular flexibility index (Phi) is 6.65. The molecule has 0 aromatic heterocycles. The molecule has 0 aliphatic heterocycles. The van der Waals surface area contributed by atoms with Crippen molar-refractivity contribution in [3.63, 3.8) is 0 Å². The molecule has 1 atom stereocenters. The molecule has 0 heterocycles. The summed E-state index contributed by atoms with van der Waals surface area (Å²) < 4.78 is 26.1. The van der Waals surface area contributed by atoms with Crippen LogP contribution in [0.5, 0.6) is 11.5 Å².